The number of ether oxygens (including phenoxy) is 3. The number of halogens is 2. The predicted molar refractivity (Wildman–Crippen MR) is 150 cm³/mol. The lowest BCUT2D eigenvalue weighted by atomic mass is 10.1. The van der Waals surface area contributed by atoms with Crippen molar-refractivity contribution in [3.63, 3.8) is 0 Å². The number of carbonyl (C=O) groups excluding carboxylic acids is 1. The molecule has 0 bridgehead atoms. The molecule has 0 aliphatic carbocycles. The highest BCUT2D eigenvalue weighted by atomic mass is 32.1. The van der Waals surface area contributed by atoms with Gasteiger partial charge in [0.15, 0.2) is 23.1 Å². The summed E-state index contributed by atoms with van der Waals surface area (Å²) in [7, 11) is 4.12. The maximum Gasteiger partial charge on any atom is 0.246 e. The zero-order valence-corrected chi connectivity index (χ0v) is 23.3. The van der Waals surface area contributed by atoms with Gasteiger partial charge < -0.3 is 24.8 Å². The van der Waals surface area contributed by atoms with Crippen LogP contribution >= 0.6 is 11.3 Å². The zero-order valence-electron chi connectivity index (χ0n) is 22.5. The van der Waals surface area contributed by atoms with E-state index in [0.29, 0.717) is 47.6 Å². The van der Waals surface area contributed by atoms with Crippen LogP contribution in [0.4, 0.5) is 14.6 Å². The number of nitrogens with two attached hydrogens (primary N) is 1. The lowest BCUT2D eigenvalue weighted by Gasteiger charge is -2.16. The number of hydrogen-bond donors (Lipinski definition) is 1. The minimum Gasteiger partial charge on any atom is -0.493 e. The van der Waals surface area contributed by atoms with Gasteiger partial charge in [0.25, 0.3) is 0 Å². The monoisotopic (exact) mass is 580 g/mol. The van der Waals surface area contributed by atoms with Gasteiger partial charge in [0.05, 0.1) is 48.2 Å². The second-order valence-corrected chi connectivity index (χ2v) is 10.2. The second kappa shape index (κ2) is 11.5. The number of amides is 1. The number of anilines is 1. The normalized spacial score (nSPS) is 14.7. The molecule has 1 saturated heterocycles. The molecule has 4 aromatic rings. The van der Waals surface area contributed by atoms with Gasteiger partial charge in [-0.15, -0.1) is 11.3 Å². The number of hydrogen-bond acceptors (Lipinski definition) is 9. The van der Waals surface area contributed by atoms with E-state index in [4.69, 9.17) is 25.0 Å². The Morgan fingerprint density at radius 1 is 1.20 bits per heavy atom. The summed E-state index contributed by atoms with van der Waals surface area (Å²) in [6.07, 6.45) is 5.20. The Balaban J connectivity index is 1.72. The number of nitrogens with zero attached hydrogens (tertiary/aromatic N) is 5. The van der Waals surface area contributed by atoms with Crippen LogP contribution in [0.1, 0.15) is 28.6 Å². The Kier molecular flexibility index (Phi) is 7.87. The third-order valence-electron chi connectivity index (χ3n) is 6.70. The molecule has 41 heavy (non-hydrogen) atoms. The third kappa shape index (κ3) is 5.07. The van der Waals surface area contributed by atoms with E-state index in [1.165, 1.54) is 31.6 Å². The largest absolute Gasteiger partial charge is 0.493 e. The van der Waals surface area contributed by atoms with Crippen molar-refractivity contribution < 1.29 is 27.8 Å². The summed E-state index contributed by atoms with van der Waals surface area (Å²) in [5.74, 6) is 2.91. The average molecular weight is 581 g/mol. The second-order valence-electron chi connectivity index (χ2n) is 9.10. The summed E-state index contributed by atoms with van der Waals surface area (Å²) in [4.78, 5) is 23.8. The van der Waals surface area contributed by atoms with Gasteiger partial charge in [0.2, 0.25) is 5.91 Å². The highest BCUT2D eigenvalue weighted by Gasteiger charge is 2.31. The van der Waals surface area contributed by atoms with E-state index in [2.05, 4.69) is 28.4 Å². The van der Waals surface area contributed by atoms with Crippen LogP contribution in [0.15, 0.2) is 31.1 Å². The van der Waals surface area contributed by atoms with Crippen molar-refractivity contribution in [3.05, 3.63) is 58.9 Å². The molecule has 0 unspecified atom stereocenters. The van der Waals surface area contributed by atoms with Crippen LogP contribution in [0.25, 0.3) is 21.5 Å². The van der Waals surface area contributed by atoms with Gasteiger partial charge in [0, 0.05) is 38.7 Å². The highest BCUT2D eigenvalue weighted by Crippen LogP contribution is 2.38. The number of benzene rings is 1. The summed E-state index contributed by atoms with van der Waals surface area (Å²) in [5, 5.41) is 5.80. The molecule has 1 fully saturated rings. The molecule has 13 heteroatoms. The number of thiazole rings is 1. The molecule has 1 amide bonds. The van der Waals surface area contributed by atoms with Crippen LogP contribution in [-0.4, -0.2) is 65.0 Å². The van der Waals surface area contributed by atoms with Gasteiger partial charge in [-0.2, -0.15) is 5.10 Å². The van der Waals surface area contributed by atoms with E-state index in [0.717, 1.165) is 10.9 Å². The highest BCUT2D eigenvalue weighted by molar-refractivity contribution is 7.15. The topological polar surface area (TPSA) is 118 Å². The molecule has 0 radical (unpaired) electrons. The van der Waals surface area contributed by atoms with Gasteiger partial charge in [-0.05, 0) is 18.4 Å². The Morgan fingerprint density at radius 3 is 2.59 bits per heavy atom. The zero-order chi connectivity index (χ0) is 29.3. The van der Waals surface area contributed by atoms with Crippen molar-refractivity contribution in [2.75, 3.05) is 40.2 Å². The Hall–Kier alpha value is -4.54. The lowest BCUT2D eigenvalue weighted by molar-refractivity contribution is -0.125. The predicted octanol–water partition coefficient (Wildman–Crippen LogP) is 3.94. The lowest BCUT2D eigenvalue weighted by Crippen LogP contribution is -2.27. The van der Waals surface area contributed by atoms with Crippen molar-refractivity contribution >= 4 is 34.0 Å². The van der Waals surface area contributed by atoms with Crippen LogP contribution in [0, 0.1) is 23.5 Å². The molecule has 0 spiro atoms. The minimum atomic E-state index is -0.975. The summed E-state index contributed by atoms with van der Waals surface area (Å²) >= 11 is 1.42. The smallest absolute Gasteiger partial charge is 0.246 e. The van der Waals surface area contributed by atoms with Gasteiger partial charge in [-0.3, -0.25) is 9.48 Å². The summed E-state index contributed by atoms with van der Waals surface area (Å²) in [6.45, 7) is 4.85. The third-order valence-corrected chi connectivity index (χ3v) is 7.70. The number of methoxy groups -OCH3 is 3. The van der Waals surface area contributed by atoms with Crippen molar-refractivity contribution in [3.8, 4) is 33.9 Å². The van der Waals surface area contributed by atoms with E-state index in [1.54, 1.807) is 29.1 Å². The number of likely N-dealkylation sites (tertiary alicyclic amines) is 1. The fraction of sp³-hybridized carbons (Fsp3) is 0.286. The van der Waals surface area contributed by atoms with Crippen molar-refractivity contribution in [2.24, 2.45) is 0 Å². The first kappa shape index (κ1) is 28.0. The van der Waals surface area contributed by atoms with Crippen LogP contribution in [-0.2, 0) is 16.1 Å². The van der Waals surface area contributed by atoms with Gasteiger partial charge in [-0.1, -0.05) is 12.5 Å². The molecule has 1 atom stereocenters. The first-order valence-corrected chi connectivity index (χ1v) is 13.3. The standard InChI is InChI=1S/C28H26F2N6O4S/c1-5-22(37)35-9-8-15(13-35)36-26-18(28-33-11-16(41-28)14-38-2)12-32-27(31)23(26)19(34-36)7-6-17-24(29)20(39-3)10-21(40-4)25(17)30/h5,10-12,15H,1,8-9,13-14H2,2-4H3,(H2,31,32)/t15-/m0/s1. The molecule has 5 rings (SSSR count). The molecule has 3 aromatic heterocycles. The fourth-order valence-electron chi connectivity index (χ4n) is 4.73. The first-order chi connectivity index (χ1) is 19.8. The quantitative estimate of drug-likeness (QED) is 0.258. The van der Waals surface area contributed by atoms with Crippen molar-refractivity contribution in [1.82, 2.24) is 24.6 Å². The Morgan fingerprint density at radius 2 is 1.93 bits per heavy atom. The van der Waals surface area contributed by atoms with Crippen LogP contribution in [0.2, 0.25) is 0 Å². The van der Waals surface area contributed by atoms with Gasteiger partial charge in [-0.25, -0.2) is 18.7 Å². The fourth-order valence-corrected chi connectivity index (χ4v) is 5.63. The summed E-state index contributed by atoms with van der Waals surface area (Å²) in [5.41, 5.74) is 7.22. The Labute approximate surface area is 238 Å². The SMILES string of the molecule is C=CC(=O)N1CC[C@H](n2nc(C#Cc3c(F)c(OC)cc(OC)c3F)c3c(N)ncc(-c4ncc(COC)s4)c32)C1. The molecule has 212 valence electrons. The summed E-state index contributed by atoms with van der Waals surface area (Å²) < 4.78 is 47.1. The van der Waals surface area contributed by atoms with Crippen LogP contribution in [0.3, 0.4) is 0 Å². The number of pyridine rings is 1. The van der Waals surface area contributed by atoms with E-state index in [9.17, 15) is 4.79 Å². The molecule has 1 aliphatic rings. The summed E-state index contributed by atoms with van der Waals surface area (Å²) in [6, 6.07) is 0.873. The molecule has 4 heterocycles. The minimum absolute atomic E-state index is 0.133. The molecular formula is C28H26F2N6O4S. The number of rotatable bonds is 7. The van der Waals surface area contributed by atoms with Crippen LogP contribution in [0.5, 0.6) is 11.5 Å². The van der Waals surface area contributed by atoms with E-state index in [-0.39, 0.29) is 35.0 Å². The van der Waals surface area contributed by atoms with Gasteiger partial charge in [0.1, 0.15) is 22.1 Å². The van der Waals surface area contributed by atoms with Crippen molar-refractivity contribution in [1.29, 1.82) is 0 Å². The molecule has 1 aromatic carbocycles. The number of nitrogen functional groups attached to an aromatic ring is 1. The van der Waals surface area contributed by atoms with Crippen LogP contribution < -0.4 is 15.2 Å². The molecule has 2 N–H and O–H groups in total. The van der Waals surface area contributed by atoms with E-state index in [1.807, 2.05) is 0 Å². The number of carbonyl (C=O) groups is 1. The van der Waals surface area contributed by atoms with Crippen molar-refractivity contribution in [2.45, 2.75) is 19.1 Å². The maximum atomic E-state index is 15.1. The molecular weight excluding hydrogens is 554 g/mol. The first-order valence-electron chi connectivity index (χ1n) is 12.4. The van der Waals surface area contributed by atoms with E-state index >= 15 is 8.78 Å². The van der Waals surface area contributed by atoms with E-state index < -0.39 is 17.2 Å². The number of fused-ring (bicyclic) bond motifs is 1. The molecule has 1 aliphatic heterocycles. The maximum absolute atomic E-state index is 15.1. The molecule has 10 nitrogen and oxygen atoms in total. The Bertz CT molecular complexity index is 1700. The van der Waals surface area contributed by atoms with Gasteiger partial charge >= 0.3 is 0 Å². The molecule has 0 saturated carbocycles. The average Bonchev–Trinajstić information content (AvgIpc) is 3.73. The number of aromatic nitrogens is 4.